The summed E-state index contributed by atoms with van der Waals surface area (Å²) in [6, 6.07) is 15.9. The normalized spacial score (nSPS) is 11.1. The van der Waals surface area contributed by atoms with E-state index in [-0.39, 0.29) is 5.69 Å². The van der Waals surface area contributed by atoms with E-state index in [1.165, 1.54) is 12.1 Å². The van der Waals surface area contributed by atoms with Gasteiger partial charge in [0.25, 0.3) is 5.69 Å². The van der Waals surface area contributed by atoms with E-state index in [2.05, 4.69) is 10.5 Å². The van der Waals surface area contributed by atoms with Crippen LogP contribution in [0.4, 0.5) is 11.4 Å². The molecule has 0 aliphatic carbocycles. The minimum atomic E-state index is -0.418. The Bertz CT molecular complexity index is 592. The molecule has 0 fully saturated rings. The second kappa shape index (κ2) is 5.77. The summed E-state index contributed by atoms with van der Waals surface area (Å²) in [6.07, 6.45) is 0. The van der Waals surface area contributed by atoms with Gasteiger partial charge >= 0.3 is 0 Å². The summed E-state index contributed by atoms with van der Waals surface area (Å²) in [5, 5.41) is 14.8. The van der Waals surface area contributed by atoms with Gasteiger partial charge in [-0.25, -0.2) is 0 Å². The second-order valence-corrected chi connectivity index (χ2v) is 3.98. The van der Waals surface area contributed by atoms with Crippen molar-refractivity contribution in [3.63, 3.8) is 0 Å². The van der Waals surface area contributed by atoms with Crippen molar-refractivity contribution in [2.75, 3.05) is 5.43 Å². The molecule has 0 spiro atoms. The van der Waals surface area contributed by atoms with Crippen molar-refractivity contribution in [3.8, 4) is 0 Å². The predicted molar refractivity (Wildman–Crippen MR) is 75.4 cm³/mol. The SMILES string of the molecule is C/C(=N\Nc1ccccc1)c1ccc([N+](=O)[O-])cc1. The van der Waals surface area contributed by atoms with Crippen LogP contribution in [0.15, 0.2) is 59.7 Å². The first-order chi connectivity index (χ1) is 9.16. The van der Waals surface area contributed by atoms with Crippen LogP contribution in [-0.4, -0.2) is 10.6 Å². The van der Waals surface area contributed by atoms with E-state index in [4.69, 9.17) is 0 Å². The number of anilines is 1. The molecule has 0 unspecified atom stereocenters. The van der Waals surface area contributed by atoms with E-state index in [0.717, 1.165) is 17.0 Å². The zero-order valence-corrected chi connectivity index (χ0v) is 10.4. The van der Waals surface area contributed by atoms with E-state index in [0.29, 0.717) is 0 Å². The number of non-ortho nitro benzene ring substituents is 1. The smallest absolute Gasteiger partial charge is 0.269 e. The Labute approximate surface area is 110 Å². The standard InChI is InChI=1S/C14H13N3O2/c1-11(15-16-13-5-3-2-4-6-13)12-7-9-14(10-8-12)17(18)19/h2-10,16H,1H3/b15-11+. The zero-order valence-electron chi connectivity index (χ0n) is 10.4. The Morgan fingerprint density at radius 2 is 1.74 bits per heavy atom. The molecule has 2 aromatic carbocycles. The van der Waals surface area contributed by atoms with Crippen molar-refractivity contribution in [2.24, 2.45) is 5.10 Å². The molecule has 5 heteroatoms. The minimum absolute atomic E-state index is 0.0765. The topological polar surface area (TPSA) is 67.5 Å². The molecule has 0 aliphatic rings. The lowest BCUT2D eigenvalue weighted by Gasteiger charge is -2.03. The van der Waals surface area contributed by atoms with Crippen molar-refractivity contribution in [3.05, 3.63) is 70.3 Å². The number of para-hydroxylation sites is 1. The van der Waals surface area contributed by atoms with E-state index >= 15 is 0 Å². The monoisotopic (exact) mass is 255 g/mol. The van der Waals surface area contributed by atoms with E-state index < -0.39 is 4.92 Å². The Morgan fingerprint density at radius 1 is 1.11 bits per heavy atom. The summed E-state index contributed by atoms with van der Waals surface area (Å²) in [5.74, 6) is 0. The van der Waals surface area contributed by atoms with Crippen molar-refractivity contribution in [2.45, 2.75) is 6.92 Å². The molecular formula is C14H13N3O2. The van der Waals surface area contributed by atoms with Crippen LogP contribution in [-0.2, 0) is 0 Å². The number of hydrazone groups is 1. The molecular weight excluding hydrogens is 242 g/mol. The fourth-order valence-corrected chi connectivity index (χ4v) is 1.55. The molecule has 1 N–H and O–H groups in total. The summed E-state index contributed by atoms with van der Waals surface area (Å²) >= 11 is 0. The van der Waals surface area contributed by atoms with E-state index in [1.54, 1.807) is 12.1 Å². The Kier molecular flexibility index (Phi) is 3.87. The summed E-state index contributed by atoms with van der Waals surface area (Å²) in [6.45, 7) is 1.84. The van der Waals surface area contributed by atoms with Gasteiger partial charge in [-0.3, -0.25) is 15.5 Å². The van der Waals surface area contributed by atoms with Crippen LogP contribution in [0.5, 0.6) is 0 Å². The van der Waals surface area contributed by atoms with Gasteiger partial charge in [0.2, 0.25) is 0 Å². The van der Waals surface area contributed by atoms with Gasteiger partial charge in [-0.05, 0) is 36.8 Å². The maximum atomic E-state index is 10.6. The van der Waals surface area contributed by atoms with Crippen LogP contribution in [0.2, 0.25) is 0 Å². The van der Waals surface area contributed by atoms with Crippen LogP contribution in [0.3, 0.4) is 0 Å². The Hall–Kier alpha value is -2.69. The highest BCUT2D eigenvalue weighted by molar-refractivity contribution is 5.99. The largest absolute Gasteiger partial charge is 0.278 e. The first-order valence-corrected chi connectivity index (χ1v) is 5.77. The zero-order chi connectivity index (χ0) is 13.7. The fraction of sp³-hybridized carbons (Fsp3) is 0.0714. The number of benzene rings is 2. The van der Waals surface area contributed by atoms with Crippen molar-refractivity contribution in [1.29, 1.82) is 0 Å². The van der Waals surface area contributed by atoms with Crippen molar-refractivity contribution < 1.29 is 4.92 Å². The minimum Gasteiger partial charge on any atom is -0.278 e. The first kappa shape index (κ1) is 12.8. The molecule has 0 heterocycles. The molecule has 96 valence electrons. The lowest BCUT2D eigenvalue weighted by atomic mass is 10.1. The molecule has 0 saturated heterocycles. The highest BCUT2D eigenvalue weighted by Crippen LogP contribution is 2.13. The van der Waals surface area contributed by atoms with Gasteiger partial charge in [0.05, 0.1) is 16.3 Å². The highest BCUT2D eigenvalue weighted by atomic mass is 16.6. The van der Waals surface area contributed by atoms with Crippen LogP contribution < -0.4 is 5.43 Å². The van der Waals surface area contributed by atoms with Gasteiger partial charge < -0.3 is 0 Å². The predicted octanol–water partition coefficient (Wildman–Crippen LogP) is 3.43. The van der Waals surface area contributed by atoms with Gasteiger partial charge in [0.1, 0.15) is 0 Å². The number of nitrogens with zero attached hydrogens (tertiary/aromatic N) is 2. The van der Waals surface area contributed by atoms with Crippen molar-refractivity contribution >= 4 is 17.1 Å². The fourth-order valence-electron chi connectivity index (χ4n) is 1.55. The van der Waals surface area contributed by atoms with Crippen molar-refractivity contribution in [1.82, 2.24) is 0 Å². The van der Waals surface area contributed by atoms with E-state index in [1.807, 2.05) is 37.3 Å². The van der Waals surface area contributed by atoms with E-state index in [9.17, 15) is 10.1 Å². The van der Waals surface area contributed by atoms with Gasteiger partial charge in [0, 0.05) is 12.1 Å². The molecule has 0 aliphatic heterocycles. The van der Waals surface area contributed by atoms with Gasteiger partial charge in [0.15, 0.2) is 0 Å². The molecule has 0 aromatic heterocycles. The van der Waals surface area contributed by atoms with Crippen LogP contribution in [0.1, 0.15) is 12.5 Å². The quantitative estimate of drug-likeness (QED) is 0.517. The maximum absolute atomic E-state index is 10.6. The molecule has 2 rings (SSSR count). The maximum Gasteiger partial charge on any atom is 0.269 e. The molecule has 0 atom stereocenters. The molecule has 0 radical (unpaired) electrons. The molecule has 0 saturated carbocycles. The third-order valence-corrected chi connectivity index (χ3v) is 2.62. The lowest BCUT2D eigenvalue weighted by Crippen LogP contribution is -1.99. The summed E-state index contributed by atoms with van der Waals surface area (Å²) in [5.41, 5.74) is 5.51. The Morgan fingerprint density at radius 3 is 2.32 bits per heavy atom. The first-order valence-electron chi connectivity index (χ1n) is 5.77. The molecule has 19 heavy (non-hydrogen) atoms. The number of nitro benzene ring substituents is 1. The van der Waals surface area contributed by atoms with Crippen LogP contribution in [0.25, 0.3) is 0 Å². The summed E-state index contributed by atoms with van der Waals surface area (Å²) < 4.78 is 0. The summed E-state index contributed by atoms with van der Waals surface area (Å²) in [7, 11) is 0. The Balaban J connectivity index is 2.10. The molecule has 5 nitrogen and oxygen atoms in total. The average molecular weight is 255 g/mol. The summed E-state index contributed by atoms with van der Waals surface area (Å²) in [4.78, 5) is 10.1. The number of rotatable bonds is 4. The second-order valence-electron chi connectivity index (χ2n) is 3.98. The molecule has 0 bridgehead atoms. The number of nitro groups is 1. The van der Waals surface area contributed by atoms with Crippen LogP contribution in [0, 0.1) is 10.1 Å². The highest BCUT2D eigenvalue weighted by Gasteiger charge is 2.05. The molecule has 2 aromatic rings. The number of nitrogens with one attached hydrogen (secondary N) is 1. The number of hydrogen-bond acceptors (Lipinski definition) is 4. The number of hydrogen-bond donors (Lipinski definition) is 1. The van der Waals surface area contributed by atoms with Gasteiger partial charge in [-0.1, -0.05) is 18.2 Å². The van der Waals surface area contributed by atoms with Gasteiger partial charge in [-0.2, -0.15) is 5.10 Å². The van der Waals surface area contributed by atoms with Crippen LogP contribution >= 0.6 is 0 Å². The lowest BCUT2D eigenvalue weighted by molar-refractivity contribution is -0.384. The van der Waals surface area contributed by atoms with Gasteiger partial charge in [-0.15, -0.1) is 0 Å². The third-order valence-electron chi connectivity index (χ3n) is 2.62. The molecule has 0 amide bonds. The average Bonchev–Trinajstić information content (AvgIpc) is 2.46. The third kappa shape index (κ3) is 3.38.